The average Bonchev–Trinajstić information content (AvgIpc) is 2.82. The van der Waals surface area contributed by atoms with Crippen LogP contribution in [0, 0.1) is 6.92 Å². The van der Waals surface area contributed by atoms with E-state index in [-0.39, 0.29) is 5.91 Å². The number of carbonyl (C=O) groups excluding carboxylic acids is 1. The number of thiophene rings is 1. The molecule has 0 unspecified atom stereocenters. The first-order valence-corrected chi connectivity index (χ1v) is 7.01. The third-order valence-corrected chi connectivity index (χ3v) is 3.62. The first kappa shape index (κ1) is 12.8. The Labute approximate surface area is 112 Å². The minimum atomic E-state index is 0.0346. The summed E-state index contributed by atoms with van der Waals surface area (Å²) in [7, 11) is 0. The number of benzene rings is 1. The largest absolute Gasteiger partial charge is 0.352 e. The van der Waals surface area contributed by atoms with E-state index in [0.717, 1.165) is 24.9 Å². The number of nitrogens with one attached hydrogen (secondary N) is 1. The van der Waals surface area contributed by atoms with Crippen molar-refractivity contribution < 1.29 is 4.79 Å². The van der Waals surface area contributed by atoms with E-state index in [1.54, 1.807) is 11.3 Å². The standard InChI is InChI=1S/C15H17NOS/c1-12-10-14(11-18-12)15(17)16-9-5-8-13-6-3-2-4-7-13/h2-4,6-7,10-11H,5,8-9H2,1H3,(H,16,17). The van der Waals surface area contributed by atoms with Gasteiger partial charge in [0.1, 0.15) is 0 Å². The molecule has 0 aliphatic heterocycles. The molecule has 0 radical (unpaired) electrons. The summed E-state index contributed by atoms with van der Waals surface area (Å²) < 4.78 is 0. The van der Waals surface area contributed by atoms with Crippen LogP contribution in [0.5, 0.6) is 0 Å². The summed E-state index contributed by atoms with van der Waals surface area (Å²) in [5, 5.41) is 4.85. The smallest absolute Gasteiger partial charge is 0.252 e. The van der Waals surface area contributed by atoms with E-state index in [0.29, 0.717) is 0 Å². The van der Waals surface area contributed by atoms with E-state index >= 15 is 0 Å². The third-order valence-electron chi connectivity index (χ3n) is 2.76. The summed E-state index contributed by atoms with van der Waals surface area (Å²) in [5.41, 5.74) is 2.09. The number of hydrogen-bond acceptors (Lipinski definition) is 2. The normalized spacial score (nSPS) is 10.3. The summed E-state index contributed by atoms with van der Waals surface area (Å²) in [6, 6.07) is 12.3. The Morgan fingerprint density at radius 3 is 2.72 bits per heavy atom. The molecule has 2 rings (SSSR count). The van der Waals surface area contributed by atoms with E-state index < -0.39 is 0 Å². The van der Waals surface area contributed by atoms with Gasteiger partial charge in [-0.15, -0.1) is 11.3 Å². The topological polar surface area (TPSA) is 29.1 Å². The number of aryl methyl sites for hydroxylation is 2. The van der Waals surface area contributed by atoms with Gasteiger partial charge in [-0.05, 0) is 31.4 Å². The fourth-order valence-corrected chi connectivity index (χ4v) is 2.49. The van der Waals surface area contributed by atoms with Crippen molar-refractivity contribution in [1.82, 2.24) is 5.32 Å². The predicted molar refractivity (Wildman–Crippen MR) is 76.2 cm³/mol. The molecule has 0 bridgehead atoms. The van der Waals surface area contributed by atoms with Gasteiger partial charge in [-0.1, -0.05) is 30.3 Å². The highest BCUT2D eigenvalue weighted by atomic mass is 32.1. The molecule has 0 aliphatic rings. The molecule has 0 aliphatic carbocycles. The number of carbonyl (C=O) groups is 1. The van der Waals surface area contributed by atoms with Crippen LogP contribution in [0.4, 0.5) is 0 Å². The second kappa shape index (κ2) is 6.36. The lowest BCUT2D eigenvalue weighted by Crippen LogP contribution is -2.24. The molecule has 1 aromatic carbocycles. The SMILES string of the molecule is Cc1cc(C(=O)NCCCc2ccccc2)cs1. The van der Waals surface area contributed by atoms with Gasteiger partial charge in [0, 0.05) is 16.8 Å². The van der Waals surface area contributed by atoms with Crippen molar-refractivity contribution in [3.63, 3.8) is 0 Å². The van der Waals surface area contributed by atoms with Crippen molar-refractivity contribution in [2.45, 2.75) is 19.8 Å². The summed E-state index contributed by atoms with van der Waals surface area (Å²) in [6.07, 6.45) is 1.97. The van der Waals surface area contributed by atoms with Gasteiger partial charge in [0.05, 0.1) is 5.56 Å². The molecule has 1 aromatic heterocycles. The van der Waals surface area contributed by atoms with Crippen LogP contribution in [-0.4, -0.2) is 12.5 Å². The van der Waals surface area contributed by atoms with Crippen LogP contribution < -0.4 is 5.32 Å². The summed E-state index contributed by atoms with van der Waals surface area (Å²) in [5.74, 6) is 0.0346. The maximum Gasteiger partial charge on any atom is 0.252 e. The number of hydrogen-bond donors (Lipinski definition) is 1. The van der Waals surface area contributed by atoms with E-state index in [2.05, 4.69) is 17.4 Å². The molecule has 0 saturated carbocycles. The first-order valence-electron chi connectivity index (χ1n) is 6.13. The van der Waals surface area contributed by atoms with E-state index in [9.17, 15) is 4.79 Å². The zero-order chi connectivity index (χ0) is 12.8. The second-order valence-corrected chi connectivity index (χ2v) is 5.41. The Kier molecular flexibility index (Phi) is 4.53. The molecule has 94 valence electrons. The van der Waals surface area contributed by atoms with Crippen molar-refractivity contribution in [3.8, 4) is 0 Å². The van der Waals surface area contributed by atoms with Crippen LogP contribution >= 0.6 is 11.3 Å². The van der Waals surface area contributed by atoms with E-state index in [1.807, 2.05) is 36.6 Å². The molecule has 2 aromatic rings. The predicted octanol–water partition coefficient (Wildman–Crippen LogP) is 3.42. The Hall–Kier alpha value is -1.61. The van der Waals surface area contributed by atoms with Gasteiger partial charge in [-0.2, -0.15) is 0 Å². The Bertz CT molecular complexity index is 504. The lowest BCUT2D eigenvalue weighted by molar-refractivity contribution is 0.0953. The molecule has 0 spiro atoms. The highest BCUT2D eigenvalue weighted by Gasteiger charge is 2.05. The molecular weight excluding hydrogens is 242 g/mol. The average molecular weight is 259 g/mol. The summed E-state index contributed by atoms with van der Waals surface area (Å²) >= 11 is 1.61. The van der Waals surface area contributed by atoms with Crippen LogP contribution in [-0.2, 0) is 6.42 Å². The lowest BCUT2D eigenvalue weighted by atomic mass is 10.1. The molecule has 1 amide bonds. The maximum absolute atomic E-state index is 11.8. The minimum absolute atomic E-state index is 0.0346. The van der Waals surface area contributed by atoms with Gasteiger partial charge in [0.2, 0.25) is 0 Å². The van der Waals surface area contributed by atoms with Crippen molar-refractivity contribution in [3.05, 3.63) is 57.8 Å². The van der Waals surface area contributed by atoms with E-state index in [1.165, 1.54) is 10.4 Å². The Morgan fingerprint density at radius 1 is 1.28 bits per heavy atom. The van der Waals surface area contributed by atoms with E-state index in [4.69, 9.17) is 0 Å². The van der Waals surface area contributed by atoms with Gasteiger partial charge >= 0.3 is 0 Å². The molecule has 0 fully saturated rings. The molecular formula is C15H17NOS. The zero-order valence-corrected chi connectivity index (χ0v) is 11.3. The highest BCUT2D eigenvalue weighted by Crippen LogP contribution is 2.12. The molecule has 0 atom stereocenters. The van der Waals surface area contributed by atoms with Gasteiger partial charge in [0.15, 0.2) is 0 Å². The summed E-state index contributed by atoms with van der Waals surface area (Å²) in [6.45, 7) is 2.74. The minimum Gasteiger partial charge on any atom is -0.352 e. The van der Waals surface area contributed by atoms with Gasteiger partial charge in [-0.25, -0.2) is 0 Å². The maximum atomic E-state index is 11.8. The second-order valence-electron chi connectivity index (χ2n) is 4.29. The van der Waals surface area contributed by atoms with Crippen LogP contribution in [0.1, 0.15) is 27.2 Å². The summed E-state index contributed by atoms with van der Waals surface area (Å²) in [4.78, 5) is 12.9. The Morgan fingerprint density at radius 2 is 2.06 bits per heavy atom. The van der Waals surface area contributed by atoms with Crippen LogP contribution in [0.2, 0.25) is 0 Å². The van der Waals surface area contributed by atoms with Crippen molar-refractivity contribution in [2.75, 3.05) is 6.54 Å². The highest BCUT2D eigenvalue weighted by molar-refractivity contribution is 7.10. The quantitative estimate of drug-likeness (QED) is 0.819. The fourth-order valence-electron chi connectivity index (χ4n) is 1.80. The monoisotopic (exact) mass is 259 g/mol. The van der Waals surface area contributed by atoms with Gasteiger partial charge in [0.25, 0.3) is 5.91 Å². The zero-order valence-electron chi connectivity index (χ0n) is 10.5. The van der Waals surface area contributed by atoms with Crippen LogP contribution in [0.3, 0.4) is 0 Å². The van der Waals surface area contributed by atoms with Crippen LogP contribution in [0.15, 0.2) is 41.8 Å². The first-order chi connectivity index (χ1) is 8.75. The lowest BCUT2D eigenvalue weighted by Gasteiger charge is -2.04. The molecule has 1 heterocycles. The van der Waals surface area contributed by atoms with Crippen molar-refractivity contribution >= 4 is 17.2 Å². The Balaban J connectivity index is 1.71. The number of rotatable bonds is 5. The van der Waals surface area contributed by atoms with Crippen molar-refractivity contribution in [1.29, 1.82) is 0 Å². The molecule has 3 heteroatoms. The van der Waals surface area contributed by atoms with Gasteiger partial charge < -0.3 is 5.32 Å². The van der Waals surface area contributed by atoms with Gasteiger partial charge in [-0.3, -0.25) is 4.79 Å². The van der Waals surface area contributed by atoms with Crippen molar-refractivity contribution in [2.24, 2.45) is 0 Å². The molecule has 1 N–H and O–H groups in total. The number of amides is 1. The fraction of sp³-hybridized carbons (Fsp3) is 0.267. The molecule has 18 heavy (non-hydrogen) atoms. The molecule has 2 nitrogen and oxygen atoms in total. The van der Waals surface area contributed by atoms with Crippen LogP contribution in [0.25, 0.3) is 0 Å². The molecule has 0 saturated heterocycles. The third kappa shape index (κ3) is 3.70.